The number of hydrogen-bond acceptors (Lipinski definition) is 4. The van der Waals surface area contributed by atoms with Crippen LogP contribution >= 0.6 is 11.8 Å². The van der Waals surface area contributed by atoms with Crippen LogP contribution in [0.2, 0.25) is 0 Å². The van der Waals surface area contributed by atoms with E-state index in [9.17, 15) is 14.0 Å². The summed E-state index contributed by atoms with van der Waals surface area (Å²) in [5, 5.41) is 2.79. The number of thioether (sulfide) groups is 1. The summed E-state index contributed by atoms with van der Waals surface area (Å²) >= 11 is 1.29. The van der Waals surface area contributed by atoms with Crippen molar-refractivity contribution in [1.29, 1.82) is 0 Å². The Morgan fingerprint density at radius 2 is 1.66 bits per heavy atom. The first-order valence-corrected chi connectivity index (χ1v) is 11.2. The minimum absolute atomic E-state index is 0.0839. The van der Waals surface area contributed by atoms with E-state index in [1.165, 1.54) is 23.9 Å². The van der Waals surface area contributed by atoms with E-state index in [0.29, 0.717) is 29.5 Å². The number of aliphatic imine (C=N–C) groups is 1. The van der Waals surface area contributed by atoms with Crippen LogP contribution in [0.3, 0.4) is 0 Å². The van der Waals surface area contributed by atoms with Crippen LogP contribution in [0.15, 0.2) is 89.9 Å². The summed E-state index contributed by atoms with van der Waals surface area (Å²) in [6.07, 6.45) is 0.641. The second-order valence-corrected chi connectivity index (χ2v) is 8.49. The molecule has 3 aromatic carbocycles. The standard InChI is InChI=1S/C25H22FN3O2S/c26-19-13-11-18(12-14-19)15-16-29-23(30)17-22(24(31)27-20-7-3-1-4-8-20)32-25(29)28-21-9-5-2-6-10-21/h1-14,22H,15-17H2,(H,27,31). The van der Waals surface area contributed by atoms with E-state index in [1.54, 1.807) is 29.2 Å². The molecule has 1 unspecified atom stereocenters. The van der Waals surface area contributed by atoms with Gasteiger partial charge in [-0.3, -0.25) is 14.5 Å². The molecule has 0 aliphatic carbocycles. The van der Waals surface area contributed by atoms with Crippen molar-refractivity contribution in [2.75, 3.05) is 11.9 Å². The minimum atomic E-state index is -0.577. The molecule has 0 radical (unpaired) electrons. The van der Waals surface area contributed by atoms with Gasteiger partial charge in [-0.15, -0.1) is 0 Å². The molecule has 2 amide bonds. The summed E-state index contributed by atoms with van der Waals surface area (Å²) in [4.78, 5) is 32.1. The molecule has 5 nitrogen and oxygen atoms in total. The summed E-state index contributed by atoms with van der Waals surface area (Å²) in [7, 11) is 0. The first-order valence-electron chi connectivity index (χ1n) is 10.3. The summed E-state index contributed by atoms with van der Waals surface area (Å²) in [5.41, 5.74) is 2.32. The predicted octanol–water partition coefficient (Wildman–Crippen LogP) is 5.03. The average molecular weight is 448 g/mol. The fourth-order valence-corrected chi connectivity index (χ4v) is 4.44. The number of nitrogens with zero attached hydrogens (tertiary/aromatic N) is 2. The lowest BCUT2D eigenvalue weighted by atomic mass is 10.1. The maximum absolute atomic E-state index is 13.2. The van der Waals surface area contributed by atoms with Gasteiger partial charge in [-0.2, -0.15) is 0 Å². The highest BCUT2D eigenvalue weighted by Crippen LogP contribution is 2.30. The van der Waals surface area contributed by atoms with Crippen LogP contribution in [-0.2, 0) is 16.0 Å². The predicted molar refractivity (Wildman–Crippen MR) is 126 cm³/mol. The van der Waals surface area contributed by atoms with Crippen LogP contribution in [0, 0.1) is 5.82 Å². The van der Waals surface area contributed by atoms with Crippen LogP contribution in [0.5, 0.6) is 0 Å². The smallest absolute Gasteiger partial charge is 0.238 e. The van der Waals surface area contributed by atoms with Crippen molar-refractivity contribution in [3.05, 3.63) is 96.3 Å². The van der Waals surface area contributed by atoms with Gasteiger partial charge in [-0.1, -0.05) is 60.3 Å². The first-order chi connectivity index (χ1) is 15.6. The summed E-state index contributed by atoms with van der Waals surface area (Å²) in [6, 6.07) is 24.7. The van der Waals surface area contributed by atoms with Crippen LogP contribution < -0.4 is 5.32 Å². The van der Waals surface area contributed by atoms with Crippen molar-refractivity contribution in [1.82, 2.24) is 4.90 Å². The molecule has 1 aliphatic rings. The zero-order chi connectivity index (χ0) is 22.3. The van der Waals surface area contributed by atoms with Gasteiger partial charge in [0, 0.05) is 18.7 Å². The van der Waals surface area contributed by atoms with Gasteiger partial charge in [0.2, 0.25) is 11.8 Å². The molecular formula is C25H22FN3O2S. The summed E-state index contributed by atoms with van der Waals surface area (Å²) < 4.78 is 13.2. The van der Waals surface area contributed by atoms with Crippen molar-refractivity contribution in [3.63, 3.8) is 0 Å². The van der Waals surface area contributed by atoms with Crippen molar-refractivity contribution >= 4 is 40.1 Å². The van der Waals surface area contributed by atoms with Crippen molar-refractivity contribution in [2.45, 2.75) is 18.1 Å². The molecule has 0 aromatic heterocycles. The number of benzene rings is 3. The minimum Gasteiger partial charge on any atom is -0.325 e. The molecule has 0 saturated carbocycles. The molecular weight excluding hydrogens is 425 g/mol. The molecule has 3 aromatic rings. The quantitative estimate of drug-likeness (QED) is 0.577. The van der Waals surface area contributed by atoms with Crippen LogP contribution in [-0.4, -0.2) is 33.7 Å². The third kappa shape index (κ3) is 5.62. The van der Waals surface area contributed by atoms with Gasteiger partial charge in [-0.25, -0.2) is 9.38 Å². The highest BCUT2D eigenvalue weighted by molar-refractivity contribution is 8.15. The van der Waals surface area contributed by atoms with Crippen molar-refractivity contribution < 1.29 is 14.0 Å². The third-order valence-corrected chi connectivity index (χ3v) is 6.18. The summed E-state index contributed by atoms with van der Waals surface area (Å²) in [6.45, 7) is 0.399. The van der Waals surface area contributed by atoms with Gasteiger partial charge in [0.25, 0.3) is 0 Å². The van der Waals surface area contributed by atoms with Gasteiger partial charge < -0.3 is 5.32 Å². The monoisotopic (exact) mass is 447 g/mol. The number of amidine groups is 1. The number of para-hydroxylation sites is 2. The highest BCUT2D eigenvalue weighted by atomic mass is 32.2. The number of carbonyl (C=O) groups is 2. The second-order valence-electron chi connectivity index (χ2n) is 7.32. The molecule has 4 rings (SSSR count). The molecule has 0 spiro atoms. The SMILES string of the molecule is O=C(Nc1ccccc1)C1CC(=O)N(CCc2ccc(F)cc2)C(=Nc2ccccc2)S1. The highest BCUT2D eigenvalue weighted by Gasteiger charge is 2.35. The lowest BCUT2D eigenvalue weighted by molar-refractivity contribution is -0.129. The van der Waals surface area contributed by atoms with Crippen molar-refractivity contribution in [2.24, 2.45) is 4.99 Å². The number of amides is 2. The Hall–Kier alpha value is -3.45. The fraction of sp³-hybridized carbons (Fsp3) is 0.160. The van der Waals surface area contributed by atoms with E-state index in [-0.39, 0.29) is 24.1 Å². The van der Waals surface area contributed by atoms with Gasteiger partial charge in [-0.05, 0) is 48.4 Å². The Morgan fingerprint density at radius 1 is 1.00 bits per heavy atom. The number of hydrogen-bond donors (Lipinski definition) is 1. The van der Waals surface area contributed by atoms with Crippen LogP contribution in [0.1, 0.15) is 12.0 Å². The van der Waals surface area contributed by atoms with E-state index >= 15 is 0 Å². The maximum atomic E-state index is 13.2. The Balaban J connectivity index is 1.53. The van der Waals surface area contributed by atoms with Gasteiger partial charge in [0.1, 0.15) is 11.1 Å². The zero-order valence-electron chi connectivity index (χ0n) is 17.3. The normalized spacial score (nSPS) is 17.4. The molecule has 1 aliphatic heterocycles. The zero-order valence-corrected chi connectivity index (χ0v) is 18.1. The first kappa shape index (κ1) is 21.8. The topological polar surface area (TPSA) is 61.8 Å². The lowest BCUT2D eigenvalue weighted by Gasteiger charge is -2.32. The molecule has 0 bridgehead atoms. The third-order valence-electron chi connectivity index (χ3n) is 4.99. The molecule has 1 N–H and O–H groups in total. The van der Waals surface area contributed by atoms with Gasteiger partial charge in [0.15, 0.2) is 5.17 Å². The molecule has 1 heterocycles. The van der Waals surface area contributed by atoms with E-state index in [2.05, 4.69) is 10.3 Å². The number of halogens is 1. The van der Waals surface area contributed by atoms with Crippen LogP contribution in [0.4, 0.5) is 15.8 Å². The van der Waals surface area contributed by atoms with E-state index in [0.717, 1.165) is 5.56 Å². The largest absolute Gasteiger partial charge is 0.325 e. The van der Waals surface area contributed by atoms with Crippen LogP contribution in [0.25, 0.3) is 0 Å². The fourth-order valence-electron chi connectivity index (χ4n) is 3.31. The molecule has 1 fully saturated rings. The Morgan fingerprint density at radius 3 is 2.34 bits per heavy atom. The molecule has 32 heavy (non-hydrogen) atoms. The Labute approximate surface area is 190 Å². The maximum Gasteiger partial charge on any atom is 0.238 e. The molecule has 162 valence electrons. The molecule has 7 heteroatoms. The average Bonchev–Trinajstić information content (AvgIpc) is 2.81. The van der Waals surface area contributed by atoms with Gasteiger partial charge >= 0.3 is 0 Å². The Bertz CT molecular complexity index is 1110. The Kier molecular flexibility index (Phi) is 6.97. The van der Waals surface area contributed by atoms with Crippen molar-refractivity contribution in [3.8, 4) is 0 Å². The van der Waals surface area contributed by atoms with E-state index < -0.39 is 5.25 Å². The van der Waals surface area contributed by atoms with E-state index in [1.807, 2.05) is 48.5 Å². The second kappa shape index (κ2) is 10.2. The molecule has 1 saturated heterocycles. The summed E-state index contributed by atoms with van der Waals surface area (Å²) in [5.74, 6) is -0.681. The number of nitrogens with one attached hydrogen (secondary N) is 1. The lowest BCUT2D eigenvalue weighted by Crippen LogP contribution is -2.46. The van der Waals surface area contributed by atoms with E-state index in [4.69, 9.17) is 0 Å². The molecule has 1 atom stereocenters. The number of rotatable bonds is 6. The number of carbonyl (C=O) groups excluding carboxylic acids is 2. The number of anilines is 1. The van der Waals surface area contributed by atoms with Gasteiger partial charge in [0.05, 0.1) is 5.69 Å².